The molecule has 0 fully saturated rings. The fraction of sp³-hybridized carbons (Fsp3) is 0.729. The van der Waals surface area contributed by atoms with Crippen LogP contribution in [0.5, 0.6) is 0 Å². The van der Waals surface area contributed by atoms with E-state index in [1.165, 1.54) is 161 Å². The van der Waals surface area contributed by atoms with Gasteiger partial charge >= 0.3 is 17.9 Å². The zero-order chi connectivity index (χ0) is 55.0. The lowest BCUT2D eigenvalue weighted by molar-refractivity contribution is -0.167. The van der Waals surface area contributed by atoms with Gasteiger partial charge in [-0.25, -0.2) is 0 Å². The second-order valence-corrected chi connectivity index (χ2v) is 21.3. The first-order chi connectivity index (χ1) is 37.5. The maximum atomic E-state index is 12.9. The molecule has 436 valence electrons. The topological polar surface area (TPSA) is 78.9 Å². The van der Waals surface area contributed by atoms with Gasteiger partial charge in [-0.3, -0.25) is 14.4 Å². The van der Waals surface area contributed by atoms with E-state index in [0.29, 0.717) is 19.3 Å². The maximum Gasteiger partial charge on any atom is 0.306 e. The van der Waals surface area contributed by atoms with Crippen LogP contribution in [0.15, 0.2) is 97.2 Å². The first-order valence-electron chi connectivity index (χ1n) is 32.2. The highest BCUT2D eigenvalue weighted by atomic mass is 16.6. The summed E-state index contributed by atoms with van der Waals surface area (Å²) in [5, 5.41) is 0. The molecule has 0 aliphatic heterocycles. The highest BCUT2D eigenvalue weighted by molar-refractivity contribution is 5.71. The van der Waals surface area contributed by atoms with Crippen LogP contribution in [0.4, 0.5) is 0 Å². The molecule has 0 N–H and O–H groups in total. The Morgan fingerprint density at radius 1 is 0.276 bits per heavy atom. The van der Waals surface area contributed by atoms with Crippen LogP contribution in [0.2, 0.25) is 0 Å². The molecule has 6 heteroatoms. The number of ether oxygens (including phenoxy) is 3. The van der Waals surface area contributed by atoms with Crippen molar-refractivity contribution in [3.05, 3.63) is 97.2 Å². The van der Waals surface area contributed by atoms with Gasteiger partial charge in [0.1, 0.15) is 13.2 Å². The molecule has 0 amide bonds. The third kappa shape index (κ3) is 61.2. The number of carbonyl (C=O) groups excluding carboxylic acids is 3. The number of rotatable bonds is 58. The molecular weight excluding hydrogens is 937 g/mol. The second kappa shape index (κ2) is 63.9. The molecule has 0 spiro atoms. The van der Waals surface area contributed by atoms with Crippen LogP contribution < -0.4 is 0 Å². The molecule has 6 nitrogen and oxygen atoms in total. The van der Waals surface area contributed by atoms with Crippen molar-refractivity contribution < 1.29 is 28.6 Å². The first kappa shape index (κ1) is 72.3. The van der Waals surface area contributed by atoms with E-state index in [-0.39, 0.29) is 31.1 Å². The van der Waals surface area contributed by atoms with Gasteiger partial charge in [0.2, 0.25) is 0 Å². The molecule has 0 aliphatic carbocycles. The fourth-order valence-electron chi connectivity index (χ4n) is 8.97. The Bertz CT molecular complexity index is 1490. The van der Waals surface area contributed by atoms with Crippen molar-refractivity contribution in [2.24, 2.45) is 0 Å². The highest BCUT2D eigenvalue weighted by Gasteiger charge is 2.19. The quantitative estimate of drug-likeness (QED) is 0.0261. The number of allylic oxidation sites excluding steroid dienone is 16. The summed E-state index contributed by atoms with van der Waals surface area (Å²) >= 11 is 0. The van der Waals surface area contributed by atoms with E-state index in [1.54, 1.807) is 0 Å². The zero-order valence-electron chi connectivity index (χ0n) is 50.0. The summed E-state index contributed by atoms with van der Waals surface area (Å²) < 4.78 is 16.9. The van der Waals surface area contributed by atoms with Gasteiger partial charge in [-0.05, 0) is 122 Å². The number of carbonyl (C=O) groups is 3. The van der Waals surface area contributed by atoms with E-state index >= 15 is 0 Å². The summed E-state index contributed by atoms with van der Waals surface area (Å²) in [6.07, 6.45) is 85.5. The molecule has 1 atom stereocenters. The van der Waals surface area contributed by atoms with Crippen molar-refractivity contribution in [2.75, 3.05) is 13.2 Å². The van der Waals surface area contributed by atoms with Crippen LogP contribution >= 0.6 is 0 Å². The Hall–Kier alpha value is -3.67. The summed E-state index contributed by atoms with van der Waals surface area (Å²) in [6.45, 7) is 6.52. The molecule has 1 unspecified atom stereocenters. The number of hydrogen-bond acceptors (Lipinski definition) is 6. The Morgan fingerprint density at radius 3 is 0.816 bits per heavy atom. The van der Waals surface area contributed by atoms with Crippen LogP contribution in [0, 0.1) is 0 Å². The van der Waals surface area contributed by atoms with Gasteiger partial charge in [-0.1, -0.05) is 266 Å². The van der Waals surface area contributed by atoms with Crippen molar-refractivity contribution >= 4 is 17.9 Å². The lowest BCUT2D eigenvalue weighted by Crippen LogP contribution is -2.30. The van der Waals surface area contributed by atoms with E-state index < -0.39 is 6.10 Å². The standard InChI is InChI=1S/C70H120O6/c1-4-7-10-13-16-19-22-25-28-31-33-34-35-36-37-40-42-45-48-51-54-57-60-63-69(72)75-66-67(65-74-68(71)62-59-56-53-50-47-44-41-38-30-27-24-21-18-15-12-9-6-3)76-70(73)64-61-58-55-52-49-46-43-39-32-29-26-23-20-17-14-11-8-5-2/h7,10,16,19,25,27-30,32-34,36-37,42,45,67H,4-6,8-9,11-15,17-18,20-24,26,31,35,38-41,43-44,46-66H2,1-3H3/b10-7-,19-16-,28-25-,30-27-,32-29-,34-33-,37-36-,45-42-. The average molecular weight is 1060 g/mol. The van der Waals surface area contributed by atoms with Crippen LogP contribution in [-0.2, 0) is 28.6 Å². The van der Waals surface area contributed by atoms with Gasteiger partial charge in [0.05, 0.1) is 0 Å². The highest BCUT2D eigenvalue weighted by Crippen LogP contribution is 2.15. The molecule has 0 aromatic rings. The van der Waals surface area contributed by atoms with Crippen molar-refractivity contribution in [1.29, 1.82) is 0 Å². The summed E-state index contributed by atoms with van der Waals surface area (Å²) in [7, 11) is 0. The number of esters is 3. The minimum Gasteiger partial charge on any atom is -0.462 e. The second-order valence-electron chi connectivity index (χ2n) is 21.3. The summed E-state index contributed by atoms with van der Waals surface area (Å²) in [6, 6.07) is 0. The van der Waals surface area contributed by atoms with Gasteiger partial charge in [0.25, 0.3) is 0 Å². The van der Waals surface area contributed by atoms with Gasteiger partial charge in [-0.2, -0.15) is 0 Å². The van der Waals surface area contributed by atoms with Crippen LogP contribution in [0.1, 0.15) is 310 Å². The van der Waals surface area contributed by atoms with Crippen molar-refractivity contribution in [1.82, 2.24) is 0 Å². The normalized spacial score (nSPS) is 12.7. The maximum absolute atomic E-state index is 12.9. The summed E-state index contributed by atoms with van der Waals surface area (Å²) in [5.74, 6) is -0.913. The Morgan fingerprint density at radius 2 is 0.513 bits per heavy atom. The molecular formula is C70H120O6. The van der Waals surface area contributed by atoms with Crippen LogP contribution in [0.3, 0.4) is 0 Å². The molecule has 0 aliphatic rings. The van der Waals surface area contributed by atoms with Gasteiger partial charge < -0.3 is 14.2 Å². The van der Waals surface area contributed by atoms with E-state index in [1.807, 2.05) is 0 Å². The van der Waals surface area contributed by atoms with E-state index in [4.69, 9.17) is 14.2 Å². The largest absolute Gasteiger partial charge is 0.462 e. The fourth-order valence-corrected chi connectivity index (χ4v) is 8.97. The lowest BCUT2D eigenvalue weighted by atomic mass is 10.1. The van der Waals surface area contributed by atoms with Crippen molar-refractivity contribution in [3.63, 3.8) is 0 Å². The van der Waals surface area contributed by atoms with Gasteiger partial charge in [0.15, 0.2) is 6.10 Å². The van der Waals surface area contributed by atoms with E-state index in [2.05, 4.69) is 118 Å². The molecule has 0 saturated carbocycles. The van der Waals surface area contributed by atoms with Crippen LogP contribution in [-0.4, -0.2) is 37.2 Å². The Kier molecular flexibility index (Phi) is 60.8. The predicted molar refractivity (Wildman–Crippen MR) is 330 cm³/mol. The average Bonchev–Trinajstić information content (AvgIpc) is 3.42. The molecule has 0 heterocycles. The SMILES string of the molecule is CC/C=C\C/C=C\C/C=C\C/C=C\C/C=C\C/C=C\CCCCCCC(=O)OCC(COC(=O)CCCCCCCCC/C=C\CCCCCCCC)OC(=O)CCCCCCCCC/C=C\CCCCCCCCC. The number of hydrogen-bond donors (Lipinski definition) is 0. The molecule has 0 rings (SSSR count). The third-order valence-corrected chi connectivity index (χ3v) is 13.8. The zero-order valence-corrected chi connectivity index (χ0v) is 50.0. The molecule has 76 heavy (non-hydrogen) atoms. The van der Waals surface area contributed by atoms with Crippen molar-refractivity contribution in [3.8, 4) is 0 Å². The molecule has 0 bridgehead atoms. The third-order valence-electron chi connectivity index (χ3n) is 13.8. The molecule has 0 aromatic heterocycles. The summed E-state index contributed by atoms with van der Waals surface area (Å²) in [5.41, 5.74) is 0. The minimum absolute atomic E-state index is 0.0891. The van der Waals surface area contributed by atoms with Gasteiger partial charge in [-0.15, -0.1) is 0 Å². The lowest BCUT2D eigenvalue weighted by Gasteiger charge is -2.18. The predicted octanol–water partition coefficient (Wildman–Crippen LogP) is 22.0. The molecule has 0 aromatic carbocycles. The van der Waals surface area contributed by atoms with Crippen LogP contribution in [0.25, 0.3) is 0 Å². The van der Waals surface area contributed by atoms with Crippen molar-refractivity contribution in [2.45, 2.75) is 316 Å². The molecule has 0 saturated heterocycles. The van der Waals surface area contributed by atoms with E-state index in [0.717, 1.165) is 109 Å². The Labute approximate surface area is 470 Å². The molecule has 0 radical (unpaired) electrons. The van der Waals surface area contributed by atoms with E-state index in [9.17, 15) is 14.4 Å². The van der Waals surface area contributed by atoms with Gasteiger partial charge in [0, 0.05) is 19.3 Å². The summed E-state index contributed by atoms with van der Waals surface area (Å²) in [4.78, 5) is 38.3. The number of unbranched alkanes of at least 4 members (excludes halogenated alkanes) is 31. The Balaban J connectivity index is 4.44. The smallest absolute Gasteiger partial charge is 0.306 e. The first-order valence-corrected chi connectivity index (χ1v) is 32.2. The monoisotopic (exact) mass is 1060 g/mol. The minimum atomic E-state index is -0.795.